The van der Waals surface area contributed by atoms with Gasteiger partial charge < -0.3 is 14.7 Å². The van der Waals surface area contributed by atoms with Gasteiger partial charge in [-0.1, -0.05) is 6.92 Å². The Hall–Kier alpha value is -2.11. The lowest BCUT2D eigenvalue weighted by Crippen LogP contribution is -2.50. The van der Waals surface area contributed by atoms with Crippen molar-refractivity contribution in [3.63, 3.8) is 0 Å². The molecule has 1 unspecified atom stereocenters. The van der Waals surface area contributed by atoms with Crippen LogP contribution in [0.4, 0.5) is 5.69 Å². The molecule has 2 fully saturated rings. The van der Waals surface area contributed by atoms with Crippen LogP contribution in [0.15, 0.2) is 18.5 Å². The molecule has 0 aliphatic carbocycles. The zero-order valence-electron chi connectivity index (χ0n) is 14.6. The summed E-state index contributed by atoms with van der Waals surface area (Å²) >= 11 is 0. The summed E-state index contributed by atoms with van der Waals surface area (Å²) in [5.74, 6) is 0.764. The highest BCUT2D eigenvalue weighted by Crippen LogP contribution is 2.23. The third-order valence-electron chi connectivity index (χ3n) is 5.01. The number of hydrogen-bond acceptors (Lipinski definition) is 4. The molecule has 2 aliphatic rings. The number of nitrogens with zero attached hydrogens (tertiary/aromatic N) is 4. The topological polar surface area (TPSA) is 56.8 Å². The Balaban J connectivity index is 1.67. The van der Waals surface area contributed by atoms with Crippen molar-refractivity contribution in [2.75, 3.05) is 44.2 Å². The highest BCUT2D eigenvalue weighted by atomic mass is 16.2. The Kier molecular flexibility index (Phi) is 5.02. The van der Waals surface area contributed by atoms with Crippen LogP contribution in [0.3, 0.4) is 0 Å². The van der Waals surface area contributed by atoms with Gasteiger partial charge in [0.2, 0.25) is 5.91 Å². The first-order valence-electron chi connectivity index (χ1n) is 8.79. The standard InChI is InChI=1S/C18H26N4O2/c1-14-4-3-5-22(13-14)17-10-16(11-19-12-17)18(24)21-8-6-20(7-9-21)15(2)23/h10-12,14H,3-9,13H2,1-2H3. The minimum absolute atomic E-state index is 0.0117. The average Bonchev–Trinajstić information content (AvgIpc) is 2.61. The summed E-state index contributed by atoms with van der Waals surface area (Å²) < 4.78 is 0. The van der Waals surface area contributed by atoms with Crippen LogP contribution in [0.25, 0.3) is 0 Å². The smallest absolute Gasteiger partial charge is 0.255 e. The lowest BCUT2D eigenvalue weighted by Gasteiger charge is -2.35. The molecular formula is C18H26N4O2. The number of piperidine rings is 1. The van der Waals surface area contributed by atoms with E-state index in [4.69, 9.17) is 0 Å². The van der Waals surface area contributed by atoms with Crippen molar-refractivity contribution < 1.29 is 9.59 Å². The third-order valence-corrected chi connectivity index (χ3v) is 5.01. The van der Waals surface area contributed by atoms with E-state index in [9.17, 15) is 9.59 Å². The largest absolute Gasteiger partial charge is 0.370 e. The molecular weight excluding hydrogens is 304 g/mol. The molecule has 3 rings (SSSR count). The number of amides is 2. The lowest BCUT2D eigenvalue weighted by molar-refractivity contribution is -0.130. The summed E-state index contributed by atoms with van der Waals surface area (Å²) in [4.78, 5) is 34.4. The second-order valence-electron chi connectivity index (χ2n) is 6.92. The molecule has 2 aliphatic heterocycles. The summed E-state index contributed by atoms with van der Waals surface area (Å²) in [6, 6.07) is 1.96. The van der Waals surface area contributed by atoms with Gasteiger partial charge in [0.15, 0.2) is 0 Å². The SMILES string of the molecule is CC(=O)N1CCN(C(=O)c2cncc(N3CCCC(C)C3)c2)CC1. The van der Waals surface area contributed by atoms with E-state index in [2.05, 4.69) is 16.8 Å². The minimum atomic E-state index is 0.0117. The van der Waals surface area contributed by atoms with Crippen molar-refractivity contribution in [2.24, 2.45) is 5.92 Å². The molecule has 0 bridgehead atoms. The van der Waals surface area contributed by atoms with E-state index in [1.807, 2.05) is 17.2 Å². The highest BCUT2D eigenvalue weighted by Gasteiger charge is 2.24. The molecule has 6 heteroatoms. The van der Waals surface area contributed by atoms with E-state index in [1.54, 1.807) is 18.0 Å². The predicted molar refractivity (Wildman–Crippen MR) is 93.0 cm³/mol. The molecule has 0 aromatic carbocycles. The maximum Gasteiger partial charge on any atom is 0.255 e. The van der Waals surface area contributed by atoms with Gasteiger partial charge in [-0.3, -0.25) is 14.6 Å². The summed E-state index contributed by atoms with van der Waals surface area (Å²) in [5.41, 5.74) is 1.68. The van der Waals surface area contributed by atoms with E-state index in [1.165, 1.54) is 12.8 Å². The molecule has 1 atom stereocenters. The van der Waals surface area contributed by atoms with Gasteiger partial charge in [-0.15, -0.1) is 0 Å². The Bertz CT molecular complexity index is 611. The molecule has 0 radical (unpaired) electrons. The van der Waals surface area contributed by atoms with Crippen molar-refractivity contribution in [3.05, 3.63) is 24.0 Å². The molecule has 0 spiro atoms. The van der Waals surface area contributed by atoms with Gasteiger partial charge in [0.1, 0.15) is 0 Å². The van der Waals surface area contributed by atoms with Gasteiger partial charge in [0.25, 0.3) is 5.91 Å². The molecule has 2 saturated heterocycles. The van der Waals surface area contributed by atoms with Gasteiger partial charge in [0, 0.05) is 52.4 Å². The molecule has 6 nitrogen and oxygen atoms in total. The van der Waals surface area contributed by atoms with Gasteiger partial charge in [0.05, 0.1) is 17.4 Å². The Labute approximate surface area is 143 Å². The Morgan fingerprint density at radius 3 is 2.46 bits per heavy atom. The first-order chi connectivity index (χ1) is 11.5. The number of aromatic nitrogens is 1. The van der Waals surface area contributed by atoms with E-state index < -0.39 is 0 Å². The van der Waals surface area contributed by atoms with Crippen LogP contribution < -0.4 is 4.90 Å². The molecule has 24 heavy (non-hydrogen) atoms. The molecule has 130 valence electrons. The quantitative estimate of drug-likeness (QED) is 0.827. The van der Waals surface area contributed by atoms with Crippen LogP contribution in [-0.4, -0.2) is 65.9 Å². The second kappa shape index (κ2) is 7.20. The highest BCUT2D eigenvalue weighted by molar-refractivity contribution is 5.95. The van der Waals surface area contributed by atoms with Crippen molar-refractivity contribution in [2.45, 2.75) is 26.7 Å². The van der Waals surface area contributed by atoms with Crippen molar-refractivity contribution >= 4 is 17.5 Å². The predicted octanol–water partition coefficient (Wildman–Crippen LogP) is 1.62. The molecule has 1 aromatic rings. The van der Waals surface area contributed by atoms with Crippen LogP contribution in [0.1, 0.15) is 37.0 Å². The molecule has 2 amide bonds. The fraction of sp³-hybridized carbons (Fsp3) is 0.611. The van der Waals surface area contributed by atoms with Crippen molar-refractivity contribution in [1.29, 1.82) is 0 Å². The molecule has 1 aromatic heterocycles. The molecule has 0 saturated carbocycles. The summed E-state index contributed by atoms with van der Waals surface area (Å²) in [7, 11) is 0. The minimum Gasteiger partial charge on any atom is -0.370 e. The zero-order chi connectivity index (χ0) is 17.1. The first kappa shape index (κ1) is 16.7. The summed E-state index contributed by atoms with van der Waals surface area (Å²) in [6.45, 7) is 8.29. The average molecular weight is 330 g/mol. The van der Waals surface area contributed by atoms with Crippen LogP contribution in [0, 0.1) is 5.92 Å². The van der Waals surface area contributed by atoms with Gasteiger partial charge in [-0.25, -0.2) is 0 Å². The zero-order valence-corrected chi connectivity index (χ0v) is 14.6. The summed E-state index contributed by atoms with van der Waals surface area (Å²) in [5, 5.41) is 0. The summed E-state index contributed by atoms with van der Waals surface area (Å²) in [6.07, 6.45) is 5.95. The number of piperazine rings is 1. The van der Waals surface area contributed by atoms with Crippen LogP contribution in [0.2, 0.25) is 0 Å². The normalized spacial score (nSPS) is 21.8. The van der Waals surface area contributed by atoms with Gasteiger partial charge >= 0.3 is 0 Å². The second-order valence-corrected chi connectivity index (χ2v) is 6.92. The maximum atomic E-state index is 12.7. The van der Waals surface area contributed by atoms with Crippen LogP contribution >= 0.6 is 0 Å². The third kappa shape index (κ3) is 3.68. The van der Waals surface area contributed by atoms with E-state index >= 15 is 0 Å². The number of pyridine rings is 1. The number of rotatable bonds is 2. The van der Waals surface area contributed by atoms with E-state index in [-0.39, 0.29) is 11.8 Å². The first-order valence-corrected chi connectivity index (χ1v) is 8.79. The van der Waals surface area contributed by atoms with Gasteiger partial charge in [-0.2, -0.15) is 0 Å². The number of hydrogen-bond donors (Lipinski definition) is 0. The number of carbonyl (C=O) groups excluding carboxylic acids is 2. The molecule has 3 heterocycles. The lowest BCUT2D eigenvalue weighted by atomic mass is 10.00. The Morgan fingerprint density at radius 2 is 1.79 bits per heavy atom. The molecule has 0 N–H and O–H groups in total. The Morgan fingerprint density at radius 1 is 1.08 bits per heavy atom. The number of anilines is 1. The maximum absolute atomic E-state index is 12.7. The van der Waals surface area contributed by atoms with Crippen LogP contribution in [-0.2, 0) is 4.79 Å². The fourth-order valence-electron chi connectivity index (χ4n) is 3.55. The monoisotopic (exact) mass is 330 g/mol. The van der Waals surface area contributed by atoms with E-state index in [0.29, 0.717) is 37.7 Å². The number of carbonyl (C=O) groups is 2. The fourth-order valence-corrected chi connectivity index (χ4v) is 3.55. The van der Waals surface area contributed by atoms with Crippen LogP contribution in [0.5, 0.6) is 0 Å². The van der Waals surface area contributed by atoms with Crippen molar-refractivity contribution in [3.8, 4) is 0 Å². The van der Waals surface area contributed by atoms with Crippen molar-refractivity contribution in [1.82, 2.24) is 14.8 Å². The van der Waals surface area contributed by atoms with Gasteiger partial charge in [-0.05, 0) is 24.8 Å². The van der Waals surface area contributed by atoms with E-state index in [0.717, 1.165) is 18.8 Å².